The lowest BCUT2D eigenvalue weighted by molar-refractivity contribution is 0.805. The Labute approximate surface area is 88.8 Å². The first-order valence-electron chi connectivity index (χ1n) is 3.36. The second-order valence-electron chi connectivity index (χ2n) is 2.35. The zero-order valence-electron chi connectivity index (χ0n) is 7.11. The number of nitrogens with two attached hydrogens (primary N) is 1. The Balaban J connectivity index is 0.00000121. The highest BCUT2D eigenvalue weighted by molar-refractivity contribution is 14.0. The van der Waals surface area contributed by atoms with Gasteiger partial charge >= 0.3 is 0 Å². The van der Waals surface area contributed by atoms with Crippen LogP contribution in [-0.4, -0.2) is 10.8 Å². The summed E-state index contributed by atoms with van der Waals surface area (Å²) in [6.07, 6.45) is 1.67. The minimum absolute atomic E-state index is 0. The summed E-state index contributed by atoms with van der Waals surface area (Å²) >= 11 is 0. The molecule has 0 saturated heterocycles. The van der Waals surface area contributed by atoms with Gasteiger partial charge in [-0.2, -0.15) is 5.10 Å². The van der Waals surface area contributed by atoms with Gasteiger partial charge in [-0.3, -0.25) is 0 Å². The molecule has 0 saturated carbocycles. The molecule has 5 heteroatoms. The van der Waals surface area contributed by atoms with Crippen molar-refractivity contribution >= 4 is 30.2 Å². The Kier molecular flexibility index (Phi) is 4.91. The number of aromatic nitrogens is 1. The molecule has 0 amide bonds. The summed E-state index contributed by atoms with van der Waals surface area (Å²) in [4.78, 5) is 0. The molecule has 0 unspecified atom stereocenters. The lowest BCUT2D eigenvalue weighted by Gasteiger charge is -1.98. The highest BCUT2D eigenvalue weighted by atomic mass is 127. The highest BCUT2D eigenvalue weighted by Crippen LogP contribution is 2.02. The van der Waals surface area contributed by atoms with Crippen LogP contribution in [0.15, 0.2) is 17.2 Å². The quantitative estimate of drug-likeness (QED) is 0.363. The SMILES string of the molecule is Cc1ccc(C=NNN)n1C.I. The first kappa shape index (κ1) is 11.4. The van der Waals surface area contributed by atoms with Gasteiger partial charge in [-0.05, 0) is 19.1 Å². The number of hydrazone groups is 1. The Hall–Kier alpha value is -0.560. The maximum atomic E-state index is 4.98. The van der Waals surface area contributed by atoms with E-state index < -0.39 is 0 Å². The maximum Gasteiger partial charge on any atom is 0.0720 e. The van der Waals surface area contributed by atoms with Crippen molar-refractivity contribution in [2.24, 2.45) is 18.0 Å². The number of hydrogen-bond donors (Lipinski definition) is 2. The van der Waals surface area contributed by atoms with Gasteiger partial charge in [0, 0.05) is 12.7 Å². The first-order chi connectivity index (χ1) is 5.25. The van der Waals surface area contributed by atoms with Crippen molar-refractivity contribution < 1.29 is 0 Å². The van der Waals surface area contributed by atoms with Crippen molar-refractivity contribution in [2.75, 3.05) is 0 Å². The van der Waals surface area contributed by atoms with Crippen LogP contribution in [0.4, 0.5) is 0 Å². The van der Waals surface area contributed by atoms with Crippen LogP contribution in [0, 0.1) is 6.92 Å². The third-order valence-electron chi connectivity index (χ3n) is 1.68. The van der Waals surface area contributed by atoms with Crippen LogP contribution >= 0.6 is 24.0 Å². The fourth-order valence-electron chi connectivity index (χ4n) is 0.866. The Morgan fingerprint density at radius 2 is 2.25 bits per heavy atom. The van der Waals surface area contributed by atoms with Gasteiger partial charge in [0.25, 0.3) is 0 Å². The molecule has 0 bridgehead atoms. The number of halogens is 1. The molecule has 0 fully saturated rings. The highest BCUT2D eigenvalue weighted by Gasteiger charge is 1.95. The molecule has 12 heavy (non-hydrogen) atoms. The lowest BCUT2D eigenvalue weighted by atomic mass is 10.4. The van der Waals surface area contributed by atoms with E-state index in [2.05, 4.69) is 10.6 Å². The summed E-state index contributed by atoms with van der Waals surface area (Å²) < 4.78 is 2.03. The smallest absolute Gasteiger partial charge is 0.0720 e. The number of rotatable bonds is 2. The zero-order valence-corrected chi connectivity index (χ0v) is 9.44. The number of nitrogens with zero attached hydrogens (tertiary/aromatic N) is 2. The molecular formula is C7H13IN4. The summed E-state index contributed by atoms with van der Waals surface area (Å²) in [5.41, 5.74) is 4.43. The molecule has 68 valence electrons. The largest absolute Gasteiger partial charge is 0.347 e. The predicted octanol–water partition coefficient (Wildman–Crippen LogP) is 0.749. The summed E-state index contributed by atoms with van der Waals surface area (Å²) in [6.45, 7) is 2.03. The van der Waals surface area contributed by atoms with Crippen molar-refractivity contribution in [3.05, 3.63) is 23.5 Å². The number of nitrogens with one attached hydrogen (secondary N) is 1. The van der Waals surface area contributed by atoms with Crippen molar-refractivity contribution in [3.8, 4) is 0 Å². The van der Waals surface area contributed by atoms with Gasteiger partial charge < -0.3 is 4.57 Å². The molecular weight excluding hydrogens is 267 g/mol. The van der Waals surface area contributed by atoms with Crippen molar-refractivity contribution in [2.45, 2.75) is 6.92 Å². The third kappa shape index (κ3) is 2.49. The molecule has 1 aromatic rings. The summed E-state index contributed by atoms with van der Waals surface area (Å²) in [7, 11) is 1.98. The lowest BCUT2D eigenvalue weighted by Crippen LogP contribution is -2.14. The van der Waals surface area contributed by atoms with E-state index in [0.717, 1.165) is 5.69 Å². The molecule has 0 atom stereocenters. The van der Waals surface area contributed by atoms with E-state index in [4.69, 9.17) is 5.84 Å². The number of hydrogen-bond acceptors (Lipinski definition) is 3. The van der Waals surface area contributed by atoms with Crippen LogP contribution in [-0.2, 0) is 7.05 Å². The second kappa shape index (κ2) is 5.15. The van der Waals surface area contributed by atoms with E-state index in [1.165, 1.54) is 5.69 Å². The van der Waals surface area contributed by atoms with Crippen LogP contribution < -0.4 is 11.4 Å². The van der Waals surface area contributed by atoms with Crippen LogP contribution in [0.25, 0.3) is 0 Å². The first-order valence-corrected chi connectivity index (χ1v) is 3.36. The Bertz CT molecular complexity index is 266. The minimum atomic E-state index is 0. The van der Waals surface area contributed by atoms with Crippen LogP contribution in [0.3, 0.4) is 0 Å². The molecule has 0 aliphatic carbocycles. The molecule has 4 nitrogen and oxygen atoms in total. The van der Waals surface area contributed by atoms with E-state index in [-0.39, 0.29) is 24.0 Å². The van der Waals surface area contributed by atoms with E-state index in [0.29, 0.717) is 0 Å². The normalized spacial score (nSPS) is 9.92. The summed E-state index contributed by atoms with van der Waals surface area (Å²) in [6, 6.07) is 4.01. The van der Waals surface area contributed by atoms with Gasteiger partial charge in [-0.15, -0.1) is 24.0 Å². The second-order valence-corrected chi connectivity index (χ2v) is 2.35. The van der Waals surface area contributed by atoms with Gasteiger partial charge in [0.2, 0.25) is 0 Å². The third-order valence-corrected chi connectivity index (χ3v) is 1.68. The standard InChI is InChI=1S/C7H12N4.HI/c1-6-3-4-7(11(6)2)5-9-10-8;/h3-5,10H,8H2,1-2H3;1H. The van der Waals surface area contributed by atoms with Crippen LogP contribution in [0.5, 0.6) is 0 Å². The number of aryl methyl sites for hydroxylation is 1. The van der Waals surface area contributed by atoms with E-state index >= 15 is 0 Å². The van der Waals surface area contributed by atoms with Gasteiger partial charge in [-0.25, -0.2) is 11.4 Å². The molecule has 1 aromatic heterocycles. The van der Waals surface area contributed by atoms with E-state index in [1.54, 1.807) is 6.21 Å². The molecule has 0 aromatic carbocycles. The molecule has 3 N–H and O–H groups in total. The van der Waals surface area contributed by atoms with Gasteiger partial charge in [0.15, 0.2) is 0 Å². The maximum absolute atomic E-state index is 4.98. The minimum Gasteiger partial charge on any atom is -0.347 e. The van der Waals surface area contributed by atoms with Crippen LogP contribution in [0.2, 0.25) is 0 Å². The van der Waals surface area contributed by atoms with Gasteiger partial charge in [0.05, 0.1) is 11.9 Å². The topological polar surface area (TPSA) is 55.3 Å². The molecule has 1 rings (SSSR count). The fraction of sp³-hybridized carbons (Fsp3) is 0.286. The van der Waals surface area contributed by atoms with E-state index in [1.807, 2.05) is 30.7 Å². The van der Waals surface area contributed by atoms with Gasteiger partial charge in [0.1, 0.15) is 0 Å². The molecule has 1 heterocycles. The average molecular weight is 280 g/mol. The summed E-state index contributed by atoms with van der Waals surface area (Å²) in [5.74, 6) is 4.98. The summed E-state index contributed by atoms with van der Waals surface area (Å²) in [5, 5.41) is 3.70. The fourth-order valence-corrected chi connectivity index (χ4v) is 0.866. The Morgan fingerprint density at radius 3 is 2.67 bits per heavy atom. The molecule has 0 aliphatic rings. The van der Waals surface area contributed by atoms with E-state index in [9.17, 15) is 0 Å². The van der Waals surface area contributed by atoms with Crippen LogP contribution in [0.1, 0.15) is 11.4 Å². The van der Waals surface area contributed by atoms with Crippen molar-refractivity contribution in [3.63, 3.8) is 0 Å². The average Bonchev–Trinajstić information content (AvgIpc) is 2.31. The monoisotopic (exact) mass is 280 g/mol. The Morgan fingerprint density at radius 1 is 1.58 bits per heavy atom. The van der Waals surface area contributed by atoms with Crippen molar-refractivity contribution in [1.82, 2.24) is 10.1 Å². The van der Waals surface area contributed by atoms with Gasteiger partial charge in [-0.1, -0.05) is 0 Å². The molecule has 0 spiro atoms. The molecule has 0 aliphatic heterocycles. The molecule has 0 radical (unpaired) electrons. The van der Waals surface area contributed by atoms with Crippen molar-refractivity contribution in [1.29, 1.82) is 0 Å². The predicted molar refractivity (Wildman–Crippen MR) is 60.5 cm³/mol. The number of hydrazine groups is 1. The zero-order chi connectivity index (χ0) is 8.27.